The van der Waals surface area contributed by atoms with Gasteiger partial charge in [-0.05, 0) is 31.4 Å². The SMILES string of the molecule is C=CC[C@@]1(C)NC(C)c2ccccc21. The van der Waals surface area contributed by atoms with Gasteiger partial charge >= 0.3 is 0 Å². The van der Waals surface area contributed by atoms with Gasteiger partial charge in [-0.3, -0.25) is 0 Å². The van der Waals surface area contributed by atoms with Crippen molar-refractivity contribution in [2.24, 2.45) is 0 Å². The third-order valence-corrected chi connectivity index (χ3v) is 3.11. The lowest BCUT2D eigenvalue weighted by atomic mass is 9.89. The Morgan fingerprint density at radius 2 is 2.21 bits per heavy atom. The van der Waals surface area contributed by atoms with E-state index in [-0.39, 0.29) is 5.54 Å². The van der Waals surface area contributed by atoms with Gasteiger partial charge in [0.25, 0.3) is 0 Å². The first-order valence-electron chi connectivity index (χ1n) is 5.15. The average Bonchev–Trinajstić information content (AvgIpc) is 2.41. The second kappa shape index (κ2) is 3.25. The summed E-state index contributed by atoms with van der Waals surface area (Å²) in [6.45, 7) is 8.29. The minimum absolute atomic E-state index is 0.0811. The fourth-order valence-electron chi connectivity index (χ4n) is 2.47. The van der Waals surface area contributed by atoms with Gasteiger partial charge in [0.1, 0.15) is 0 Å². The number of benzene rings is 1. The summed E-state index contributed by atoms with van der Waals surface area (Å²) in [5.74, 6) is 0. The molecule has 1 unspecified atom stereocenters. The van der Waals surface area contributed by atoms with Crippen molar-refractivity contribution in [1.29, 1.82) is 0 Å². The van der Waals surface area contributed by atoms with Crippen molar-refractivity contribution in [3.8, 4) is 0 Å². The van der Waals surface area contributed by atoms with Crippen LogP contribution in [0.25, 0.3) is 0 Å². The van der Waals surface area contributed by atoms with Crippen LogP contribution in [0.15, 0.2) is 36.9 Å². The summed E-state index contributed by atoms with van der Waals surface area (Å²) in [6.07, 6.45) is 2.97. The van der Waals surface area contributed by atoms with E-state index >= 15 is 0 Å². The molecule has 0 aliphatic carbocycles. The highest BCUT2D eigenvalue weighted by Gasteiger charge is 2.35. The van der Waals surface area contributed by atoms with Gasteiger partial charge in [-0.25, -0.2) is 0 Å². The van der Waals surface area contributed by atoms with Crippen molar-refractivity contribution in [2.75, 3.05) is 0 Å². The maximum absolute atomic E-state index is 3.83. The molecule has 1 N–H and O–H groups in total. The van der Waals surface area contributed by atoms with E-state index in [1.165, 1.54) is 11.1 Å². The monoisotopic (exact) mass is 187 g/mol. The molecular weight excluding hydrogens is 170 g/mol. The van der Waals surface area contributed by atoms with Gasteiger partial charge in [0.15, 0.2) is 0 Å². The molecule has 1 aromatic rings. The Kier molecular flexibility index (Phi) is 2.20. The van der Waals surface area contributed by atoms with Gasteiger partial charge in [-0.1, -0.05) is 30.3 Å². The third kappa shape index (κ3) is 1.28. The molecule has 1 heteroatoms. The van der Waals surface area contributed by atoms with Crippen molar-refractivity contribution in [3.05, 3.63) is 48.0 Å². The molecule has 2 rings (SSSR count). The predicted octanol–water partition coefficient (Wildman–Crippen LogP) is 3.14. The maximum atomic E-state index is 3.83. The van der Waals surface area contributed by atoms with E-state index in [1.54, 1.807) is 0 Å². The number of fused-ring (bicyclic) bond motifs is 1. The highest BCUT2D eigenvalue weighted by molar-refractivity contribution is 5.40. The molecule has 1 aromatic carbocycles. The van der Waals surface area contributed by atoms with E-state index < -0.39 is 0 Å². The summed E-state index contributed by atoms with van der Waals surface area (Å²) < 4.78 is 0. The van der Waals surface area contributed by atoms with Gasteiger partial charge in [0.05, 0.1) is 0 Å². The lowest BCUT2D eigenvalue weighted by molar-refractivity contribution is 0.373. The van der Waals surface area contributed by atoms with E-state index in [1.807, 2.05) is 6.08 Å². The first-order valence-corrected chi connectivity index (χ1v) is 5.15. The Balaban J connectivity index is 2.47. The highest BCUT2D eigenvalue weighted by Crippen LogP contribution is 2.39. The van der Waals surface area contributed by atoms with Crippen LogP contribution in [0, 0.1) is 0 Å². The van der Waals surface area contributed by atoms with Crippen LogP contribution < -0.4 is 5.32 Å². The van der Waals surface area contributed by atoms with Crippen molar-refractivity contribution in [2.45, 2.75) is 31.8 Å². The molecule has 1 aliphatic heterocycles. The van der Waals surface area contributed by atoms with E-state index in [9.17, 15) is 0 Å². The molecule has 0 amide bonds. The van der Waals surface area contributed by atoms with Crippen molar-refractivity contribution in [1.82, 2.24) is 5.32 Å². The van der Waals surface area contributed by atoms with E-state index in [0.29, 0.717) is 6.04 Å². The summed E-state index contributed by atoms with van der Waals surface area (Å²) in [4.78, 5) is 0. The lowest BCUT2D eigenvalue weighted by Gasteiger charge is -2.25. The molecule has 0 fully saturated rings. The normalized spacial score (nSPS) is 30.0. The Morgan fingerprint density at radius 1 is 1.50 bits per heavy atom. The first kappa shape index (κ1) is 9.47. The molecule has 0 spiro atoms. The van der Waals surface area contributed by atoms with Gasteiger partial charge in [-0.15, -0.1) is 6.58 Å². The summed E-state index contributed by atoms with van der Waals surface area (Å²) in [5, 5.41) is 3.63. The Bertz CT molecular complexity index is 356. The second-order valence-corrected chi connectivity index (χ2v) is 4.28. The zero-order chi connectivity index (χ0) is 10.2. The van der Waals surface area contributed by atoms with Gasteiger partial charge < -0.3 is 5.32 Å². The van der Waals surface area contributed by atoms with Crippen molar-refractivity contribution < 1.29 is 0 Å². The Hall–Kier alpha value is -1.08. The Morgan fingerprint density at radius 3 is 2.93 bits per heavy atom. The van der Waals surface area contributed by atoms with Gasteiger partial charge in [0, 0.05) is 11.6 Å². The van der Waals surface area contributed by atoms with E-state index in [4.69, 9.17) is 0 Å². The molecule has 0 bridgehead atoms. The Labute approximate surface area is 85.8 Å². The second-order valence-electron chi connectivity index (χ2n) is 4.28. The zero-order valence-corrected chi connectivity index (χ0v) is 8.88. The molecule has 0 saturated carbocycles. The third-order valence-electron chi connectivity index (χ3n) is 3.11. The number of hydrogen-bond acceptors (Lipinski definition) is 1. The smallest absolute Gasteiger partial charge is 0.0448 e. The first-order chi connectivity index (χ1) is 6.67. The molecule has 0 radical (unpaired) electrons. The van der Waals surface area contributed by atoms with Gasteiger partial charge in [-0.2, -0.15) is 0 Å². The molecule has 74 valence electrons. The van der Waals surface area contributed by atoms with Crippen LogP contribution in [0.5, 0.6) is 0 Å². The van der Waals surface area contributed by atoms with Crippen LogP contribution in [-0.2, 0) is 5.54 Å². The van der Waals surface area contributed by atoms with Crippen LogP contribution in [0.2, 0.25) is 0 Å². The fourth-order valence-corrected chi connectivity index (χ4v) is 2.47. The summed E-state index contributed by atoms with van der Waals surface area (Å²) in [7, 11) is 0. The van der Waals surface area contributed by atoms with E-state index in [0.717, 1.165) is 6.42 Å². The molecule has 0 aromatic heterocycles. The summed E-state index contributed by atoms with van der Waals surface area (Å²) >= 11 is 0. The molecule has 1 aliphatic rings. The van der Waals surface area contributed by atoms with Crippen LogP contribution >= 0.6 is 0 Å². The van der Waals surface area contributed by atoms with Crippen LogP contribution in [0.4, 0.5) is 0 Å². The molecule has 0 saturated heterocycles. The predicted molar refractivity (Wildman–Crippen MR) is 60.2 cm³/mol. The molecule has 2 atom stereocenters. The number of hydrogen-bond donors (Lipinski definition) is 1. The van der Waals surface area contributed by atoms with Crippen molar-refractivity contribution >= 4 is 0 Å². The summed E-state index contributed by atoms with van der Waals surface area (Å²) in [6, 6.07) is 9.10. The average molecular weight is 187 g/mol. The van der Waals surface area contributed by atoms with Crippen LogP contribution in [0.3, 0.4) is 0 Å². The lowest BCUT2D eigenvalue weighted by Crippen LogP contribution is -2.33. The number of rotatable bonds is 2. The maximum Gasteiger partial charge on any atom is 0.0448 e. The van der Waals surface area contributed by atoms with E-state index in [2.05, 4.69) is 50.0 Å². The standard InChI is InChI=1S/C13H17N/c1-4-9-13(3)12-8-6-5-7-11(12)10(2)14-13/h4-8,10,14H,1,9H2,2-3H3/t10?,13-/m1/s1. The van der Waals surface area contributed by atoms with Crippen LogP contribution in [-0.4, -0.2) is 0 Å². The highest BCUT2D eigenvalue weighted by atomic mass is 15.0. The molecular formula is C13H17N. The number of nitrogens with one attached hydrogen (secondary N) is 1. The molecule has 1 nitrogen and oxygen atoms in total. The topological polar surface area (TPSA) is 12.0 Å². The molecule has 14 heavy (non-hydrogen) atoms. The minimum Gasteiger partial charge on any atom is -0.301 e. The quantitative estimate of drug-likeness (QED) is 0.701. The minimum atomic E-state index is 0.0811. The fraction of sp³-hybridized carbons (Fsp3) is 0.385. The largest absolute Gasteiger partial charge is 0.301 e. The summed E-state index contributed by atoms with van der Waals surface area (Å²) in [5.41, 5.74) is 2.93. The van der Waals surface area contributed by atoms with Gasteiger partial charge in [0.2, 0.25) is 0 Å². The van der Waals surface area contributed by atoms with Crippen molar-refractivity contribution in [3.63, 3.8) is 0 Å². The zero-order valence-electron chi connectivity index (χ0n) is 8.88. The molecule has 1 heterocycles. The van der Waals surface area contributed by atoms with Crippen LogP contribution in [0.1, 0.15) is 37.4 Å².